The fraction of sp³-hybridized carbons (Fsp3) is 0.265. The Morgan fingerprint density at radius 3 is 2.46 bits per heavy atom. The van der Waals surface area contributed by atoms with Gasteiger partial charge in [0.05, 0.1) is 25.9 Å². The lowest BCUT2D eigenvalue weighted by atomic mass is 10.0. The van der Waals surface area contributed by atoms with Gasteiger partial charge in [-0.05, 0) is 43.9 Å². The van der Waals surface area contributed by atoms with Crippen LogP contribution in [-0.2, 0) is 11.3 Å². The molecule has 3 aromatic heterocycles. The van der Waals surface area contributed by atoms with Gasteiger partial charge in [0.25, 0.3) is 5.91 Å². The minimum absolute atomic E-state index is 0.0251. The van der Waals surface area contributed by atoms with Crippen LogP contribution in [0.15, 0.2) is 71.8 Å². The smallest absolute Gasteiger partial charge is 0.262 e. The molecule has 5 aromatic rings. The van der Waals surface area contributed by atoms with Crippen molar-refractivity contribution in [2.24, 2.45) is 5.92 Å². The molecule has 12 nitrogen and oxygen atoms in total. The zero-order valence-electron chi connectivity index (χ0n) is 25.8. The van der Waals surface area contributed by atoms with Gasteiger partial charge in [-0.15, -0.1) is 0 Å². The number of carbonyl (C=O) groups is 1. The average molecular weight is 623 g/mol. The number of aromatic nitrogens is 4. The maximum Gasteiger partial charge on any atom is 0.262 e. The third-order valence-electron chi connectivity index (χ3n) is 7.82. The number of pyridine rings is 2. The molecule has 0 radical (unpaired) electrons. The van der Waals surface area contributed by atoms with Crippen molar-refractivity contribution >= 4 is 28.4 Å². The van der Waals surface area contributed by atoms with Crippen LogP contribution in [-0.4, -0.2) is 53.1 Å². The Bertz CT molecular complexity index is 1940. The van der Waals surface area contributed by atoms with Gasteiger partial charge >= 0.3 is 0 Å². The van der Waals surface area contributed by atoms with Crippen molar-refractivity contribution in [3.63, 3.8) is 0 Å². The minimum Gasteiger partial charge on any atom is -0.493 e. The molecule has 2 aromatic carbocycles. The Labute approximate surface area is 265 Å². The van der Waals surface area contributed by atoms with Crippen LogP contribution >= 0.6 is 0 Å². The number of fused-ring (bicyclic) bond motifs is 1. The van der Waals surface area contributed by atoms with Crippen LogP contribution in [0.25, 0.3) is 22.2 Å². The number of rotatable bonds is 9. The highest BCUT2D eigenvalue weighted by atomic mass is 16.5. The first-order valence-corrected chi connectivity index (χ1v) is 14.9. The second-order valence-electron chi connectivity index (χ2n) is 11.1. The first kappa shape index (κ1) is 30.5. The van der Waals surface area contributed by atoms with Gasteiger partial charge < -0.3 is 30.0 Å². The molecule has 0 saturated carbocycles. The van der Waals surface area contributed by atoms with Crippen molar-refractivity contribution < 1.29 is 23.7 Å². The first-order chi connectivity index (χ1) is 22.3. The summed E-state index contributed by atoms with van der Waals surface area (Å²) >= 11 is 0. The highest BCUT2D eigenvalue weighted by Gasteiger charge is 2.21. The second-order valence-corrected chi connectivity index (χ2v) is 11.1. The van der Waals surface area contributed by atoms with E-state index >= 15 is 0 Å². The van der Waals surface area contributed by atoms with Gasteiger partial charge in [0.15, 0.2) is 11.5 Å². The molecular formula is C34H34N6O6. The molecule has 236 valence electrons. The molecule has 0 spiro atoms. The maximum absolute atomic E-state index is 13.6. The van der Waals surface area contributed by atoms with Crippen LogP contribution in [0.3, 0.4) is 0 Å². The van der Waals surface area contributed by atoms with Crippen molar-refractivity contribution in [3.8, 4) is 34.3 Å². The number of hydrogen-bond donors (Lipinski definition) is 2. The number of aryl methyl sites for hydroxylation is 1. The van der Waals surface area contributed by atoms with E-state index < -0.39 is 11.3 Å². The van der Waals surface area contributed by atoms with E-state index in [0.29, 0.717) is 65.1 Å². The summed E-state index contributed by atoms with van der Waals surface area (Å²) in [5.41, 5.74) is 8.04. The SMILES string of the molecule is COc1cc2nc(N)cc(Oc3ccc(NC(=O)c4cn(CC5CCOCC5)nc(-c5ccc(C)cc5)c4=O)nc3)c2cc1OC. The molecule has 4 heterocycles. The summed E-state index contributed by atoms with van der Waals surface area (Å²) in [5, 5.41) is 8.04. The zero-order valence-corrected chi connectivity index (χ0v) is 25.8. The molecule has 1 fully saturated rings. The van der Waals surface area contributed by atoms with E-state index in [1.165, 1.54) is 12.4 Å². The van der Waals surface area contributed by atoms with Crippen LogP contribution < -0.4 is 30.7 Å². The number of nitrogens with two attached hydrogens (primary N) is 1. The number of amides is 1. The summed E-state index contributed by atoms with van der Waals surface area (Å²) in [7, 11) is 3.09. The van der Waals surface area contributed by atoms with Crippen LogP contribution in [0, 0.1) is 12.8 Å². The van der Waals surface area contributed by atoms with E-state index in [0.717, 1.165) is 18.4 Å². The molecule has 1 aliphatic heterocycles. The normalized spacial score (nSPS) is 13.4. The number of benzene rings is 2. The van der Waals surface area contributed by atoms with Crippen LogP contribution in [0.2, 0.25) is 0 Å². The van der Waals surface area contributed by atoms with Crippen molar-refractivity contribution in [3.05, 3.63) is 88.3 Å². The lowest BCUT2D eigenvalue weighted by Crippen LogP contribution is -2.29. The van der Waals surface area contributed by atoms with Crippen molar-refractivity contribution in [1.82, 2.24) is 19.7 Å². The van der Waals surface area contributed by atoms with Crippen LogP contribution in [0.5, 0.6) is 23.0 Å². The number of methoxy groups -OCH3 is 2. The van der Waals surface area contributed by atoms with E-state index in [-0.39, 0.29) is 22.9 Å². The Balaban J connectivity index is 1.25. The number of hydrogen-bond acceptors (Lipinski definition) is 10. The van der Waals surface area contributed by atoms with Gasteiger partial charge in [-0.1, -0.05) is 29.8 Å². The number of anilines is 2. The summed E-state index contributed by atoms with van der Waals surface area (Å²) < 4.78 is 24.1. The lowest BCUT2D eigenvalue weighted by molar-refractivity contribution is 0.0599. The number of nitrogens with zero attached hydrogens (tertiary/aromatic N) is 4. The molecule has 46 heavy (non-hydrogen) atoms. The summed E-state index contributed by atoms with van der Waals surface area (Å²) in [6.07, 6.45) is 4.76. The fourth-order valence-electron chi connectivity index (χ4n) is 5.34. The molecule has 1 amide bonds. The highest BCUT2D eigenvalue weighted by molar-refractivity contribution is 6.04. The maximum atomic E-state index is 13.6. The molecule has 12 heteroatoms. The van der Waals surface area contributed by atoms with Gasteiger partial charge in [0, 0.05) is 49.0 Å². The van der Waals surface area contributed by atoms with Gasteiger partial charge in [-0.25, -0.2) is 9.97 Å². The molecule has 0 atom stereocenters. The number of nitrogen functional groups attached to an aromatic ring is 1. The van der Waals surface area contributed by atoms with Crippen LogP contribution in [0.1, 0.15) is 28.8 Å². The summed E-state index contributed by atoms with van der Waals surface area (Å²) in [4.78, 5) is 35.8. The van der Waals surface area contributed by atoms with Gasteiger partial charge in [-0.3, -0.25) is 14.3 Å². The van der Waals surface area contributed by atoms with E-state index in [1.807, 2.05) is 31.2 Å². The number of carbonyl (C=O) groups excluding carboxylic acids is 1. The molecule has 0 bridgehead atoms. The van der Waals surface area contributed by atoms with Crippen molar-refractivity contribution in [1.29, 1.82) is 0 Å². The first-order valence-electron chi connectivity index (χ1n) is 14.9. The predicted octanol–water partition coefficient (Wildman–Crippen LogP) is 5.23. The topological polar surface area (TPSA) is 153 Å². The second kappa shape index (κ2) is 13.2. The van der Waals surface area contributed by atoms with Crippen molar-refractivity contribution in [2.75, 3.05) is 38.5 Å². The third-order valence-corrected chi connectivity index (χ3v) is 7.82. The quantitative estimate of drug-likeness (QED) is 0.223. The fourth-order valence-corrected chi connectivity index (χ4v) is 5.34. The van der Waals surface area contributed by atoms with Gasteiger partial charge in [0.2, 0.25) is 5.43 Å². The number of nitrogens with one attached hydrogen (secondary N) is 1. The molecule has 6 rings (SSSR count). The van der Waals surface area contributed by atoms with E-state index in [4.69, 9.17) is 24.7 Å². The van der Waals surface area contributed by atoms with E-state index in [2.05, 4.69) is 20.4 Å². The largest absolute Gasteiger partial charge is 0.493 e. The Kier molecular flexibility index (Phi) is 8.79. The molecular weight excluding hydrogens is 588 g/mol. The molecule has 1 aliphatic rings. The van der Waals surface area contributed by atoms with Gasteiger partial charge in [0.1, 0.15) is 34.4 Å². The Morgan fingerprint density at radius 2 is 1.76 bits per heavy atom. The third kappa shape index (κ3) is 6.61. The van der Waals surface area contributed by atoms with E-state index in [9.17, 15) is 9.59 Å². The summed E-state index contributed by atoms with van der Waals surface area (Å²) in [6, 6.07) is 15.8. The summed E-state index contributed by atoms with van der Waals surface area (Å²) in [6.45, 7) is 3.90. The minimum atomic E-state index is -0.586. The average Bonchev–Trinajstić information content (AvgIpc) is 3.06. The Morgan fingerprint density at radius 1 is 1.02 bits per heavy atom. The van der Waals surface area contributed by atoms with Gasteiger partial charge in [-0.2, -0.15) is 5.10 Å². The molecule has 0 unspecified atom stereocenters. The van der Waals surface area contributed by atoms with E-state index in [1.54, 1.807) is 49.2 Å². The lowest BCUT2D eigenvalue weighted by Gasteiger charge is -2.23. The molecule has 0 aliphatic carbocycles. The standard InChI is InChI=1S/C34H34N6O6/c1-20-4-6-22(7-5-20)32-33(41)25(19-40(39-32)18-21-10-12-45-13-11-21)34(42)38-31-9-8-23(17-36-31)46-27-16-30(35)37-26-15-29(44-3)28(43-2)14-24(26)27/h4-9,14-17,19,21H,10-13,18H2,1-3H3,(H2,35,37)(H,36,38,42). The Hall–Kier alpha value is -5.49. The zero-order chi connectivity index (χ0) is 32.2. The van der Waals surface area contributed by atoms with Crippen LogP contribution in [0.4, 0.5) is 11.6 Å². The summed E-state index contributed by atoms with van der Waals surface area (Å²) in [5.74, 6) is 2.10. The monoisotopic (exact) mass is 622 g/mol. The molecule has 3 N–H and O–H groups in total. The predicted molar refractivity (Wildman–Crippen MR) is 174 cm³/mol. The van der Waals surface area contributed by atoms with Crippen molar-refractivity contribution in [2.45, 2.75) is 26.3 Å². The highest BCUT2D eigenvalue weighted by Crippen LogP contribution is 2.38. The number of ether oxygens (including phenoxy) is 4. The molecule has 1 saturated heterocycles.